The Labute approximate surface area is 152 Å². The predicted molar refractivity (Wildman–Crippen MR) is 100 cm³/mol. The third-order valence-corrected chi connectivity index (χ3v) is 2.90. The van der Waals surface area contributed by atoms with Crippen LogP contribution in [0.25, 0.3) is 0 Å². The van der Waals surface area contributed by atoms with Gasteiger partial charge in [-0.1, -0.05) is 58.0 Å². The highest BCUT2D eigenvalue weighted by molar-refractivity contribution is 6.04. The molecule has 0 bridgehead atoms. The molecule has 0 fully saturated rings. The van der Waals surface area contributed by atoms with Gasteiger partial charge >= 0.3 is 11.9 Å². The van der Waals surface area contributed by atoms with Crippen molar-refractivity contribution in [3.63, 3.8) is 0 Å². The van der Waals surface area contributed by atoms with E-state index in [0.29, 0.717) is 0 Å². The monoisotopic (exact) mass is 354 g/mol. The Balaban J connectivity index is 0. The molecule has 144 valence electrons. The van der Waals surface area contributed by atoms with Crippen LogP contribution in [0.15, 0.2) is 30.3 Å². The summed E-state index contributed by atoms with van der Waals surface area (Å²) >= 11 is 0. The van der Waals surface area contributed by atoms with Gasteiger partial charge in [0, 0.05) is 13.0 Å². The van der Waals surface area contributed by atoms with Crippen molar-refractivity contribution in [2.75, 3.05) is 19.8 Å². The zero-order valence-electron chi connectivity index (χ0n) is 16.8. The summed E-state index contributed by atoms with van der Waals surface area (Å²) in [6, 6.07) is 9.18. The minimum atomic E-state index is -1.75. The van der Waals surface area contributed by atoms with Crippen molar-refractivity contribution in [2.45, 2.75) is 60.5 Å². The quantitative estimate of drug-likeness (QED) is 0.517. The molecule has 0 aliphatic heterocycles. The third kappa shape index (κ3) is 8.16. The maximum absolute atomic E-state index is 12.3. The minimum Gasteiger partial charge on any atom is -0.463 e. The number of esters is 2. The highest BCUT2D eigenvalue weighted by Gasteiger charge is 2.50. The smallest absolute Gasteiger partial charge is 0.350 e. The van der Waals surface area contributed by atoms with Gasteiger partial charge in [0.05, 0.1) is 13.2 Å². The van der Waals surface area contributed by atoms with Gasteiger partial charge < -0.3 is 14.2 Å². The summed E-state index contributed by atoms with van der Waals surface area (Å²) in [6.07, 6.45) is 0.0827. The molecule has 0 unspecified atom stereocenters. The van der Waals surface area contributed by atoms with E-state index in [0.717, 1.165) is 5.56 Å². The van der Waals surface area contributed by atoms with Crippen molar-refractivity contribution in [3.8, 4) is 0 Å². The molecule has 1 rings (SSSR count). The van der Waals surface area contributed by atoms with Gasteiger partial charge in [-0.3, -0.25) is 0 Å². The molecule has 5 nitrogen and oxygen atoms in total. The van der Waals surface area contributed by atoms with E-state index < -0.39 is 17.5 Å². The second kappa shape index (κ2) is 15.6. The van der Waals surface area contributed by atoms with E-state index in [2.05, 4.69) is 0 Å². The largest absolute Gasteiger partial charge is 0.463 e. The van der Waals surface area contributed by atoms with E-state index in [9.17, 15) is 9.59 Å². The fourth-order valence-electron chi connectivity index (χ4n) is 2.02. The molecule has 0 saturated heterocycles. The first-order valence-electron chi connectivity index (χ1n) is 9.13. The van der Waals surface area contributed by atoms with Crippen molar-refractivity contribution < 1.29 is 23.8 Å². The highest BCUT2D eigenvalue weighted by atomic mass is 16.6. The van der Waals surface area contributed by atoms with E-state index >= 15 is 0 Å². The Morgan fingerprint density at radius 3 is 1.60 bits per heavy atom. The average Bonchev–Trinajstić information content (AvgIpc) is 2.65. The second-order valence-corrected chi connectivity index (χ2v) is 4.36. The van der Waals surface area contributed by atoms with Gasteiger partial charge in [-0.15, -0.1) is 0 Å². The summed E-state index contributed by atoms with van der Waals surface area (Å²) in [5.41, 5.74) is -0.950. The molecule has 25 heavy (non-hydrogen) atoms. The van der Waals surface area contributed by atoms with E-state index in [-0.39, 0.29) is 26.2 Å². The zero-order valence-corrected chi connectivity index (χ0v) is 16.8. The first-order chi connectivity index (χ1) is 12.1. The molecule has 0 radical (unpaired) electrons. The lowest BCUT2D eigenvalue weighted by atomic mass is 9.94. The summed E-state index contributed by atoms with van der Waals surface area (Å²) in [5.74, 6) is -1.43. The van der Waals surface area contributed by atoms with Crippen LogP contribution in [0.1, 0.15) is 54.0 Å². The van der Waals surface area contributed by atoms with Crippen LogP contribution >= 0.6 is 0 Å². The van der Waals surface area contributed by atoms with Crippen LogP contribution in [0, 0.1) is 0 Å². The van der Waals surface area contributed by atoms with Gasteiger partial charge in [0.15, 0.2) is 0 Å². The lowest BCUT2D eigenvalue weighted by Gasteiger charge is -2.28. The number of rotatable bonds is 8. The number of carbonyl (C=O) groups is 2. The molecule has 0 aliphatic rings. The van der Waals surface area contributed by atoms with Crippen molar-refractivity contribution in [1.29, 1.82) is 0 Å². The summed E-state index contributed by atoms with van der Waals surface area (Å²) < 4.78 is 15.6. The van der Waals surface area contributed by atoms with Crippen LogP contribution in [-0.4, -0.2) is 37.4 Å². The first-order valence-corrected chi connectivity index (χ1v) is 9.13. The predicted octanol–water partition coefficient (Wildman–Crippen LogP) is 4.18. The number of hydrogen-bond acceptors (Lipinski definition) is 5. The highest BCUT2D eigenvalue weighted by Crippen LogP contribution is 2.22. The Morgan fingerprint density at radius 1 is 0.800 bits per heavy atom. The molecule has 0 amide bonds. The van der Waals surface area contributed by atoms with Gasteiger partial charge in [-0.05, 0) is 26.3 Å². The molecule has 0 heterocycles. The standard InChI is InChI=1S/C16H22O5.2C2H6/c1-4-19-14(17)16(21-6-3,15(18)20-5-2)12-13-10-8-7-9-11-13;2*1-2/h7-11H,4-6,12H2,1-3H3;2*1-2H3. The van der Waals surface area contributed by atoms with Crippen LogP contribution in [0.2, 0.25) is 0 Å². The van der Waals surface area contributed by atoms with Gasteiger partial charge in [0.2, 0.25) is 0 Å². The number of ether oxygens (including phenoxy) is 3. The molecule has 0 spiro atoms. The fourth-order valence-corrected chi connectivity index (χ4v) is 2.02. The zero-order chi connectivity index (χ0) is 19.7. The van der Waals surface area contributed by atoms with Crippen LogP contribution in [-0.2, 0) is 30.2 Å². The van der Waals surface area contributed by atoms with Gasteiger partial charge in [0.1, 0.15) is 0 Å². The Kier molecular flexibility index (Phi) is 15.9. The number of benzene rings is 1. The van der Waals surface area contributed by atoms with Crippen LogP contribution in [0.3, 0.4) is 0 Å². The number of hydrogen-bond donors (Lipinski definition) is 0. The second-order valence-electron chi connectivity index (χ2n) is 4.36. The van der Waals surface area contributed by atoms with Gasteiger partial charge in [0.25, 0.3) is 5.60 Å². The normalized spacial score (nSPS) is 9.72. The molecule has 5 heteroatoms. The molecule has 0 N–H and O–H groups in total. The summed E-state index contributed by atoms with van der Waals surface area (Å²) in [6.45, 7) is 13.6. The van der Waals surface area contributed by atoms with E-state index in [1.807, 2.05) is 58.0 Å². The van der Waals surface area contributed by atoms with Gasteiger partial charge in [-0.25, -0.2) is 9.59 Å². The summed E-state index contributed by atoms with van der Waals surface area (Å²) in [7, 11) is 0. The summed E-state index contributed by atoms with van der Waals surface area (Å²) in [4.78, 5) is 24.7. The molecule has 0 aliphatic carbocycles. The maximum atomic E-state index is 12.3. The molecule has 0 atom stereocenters. The van der Waals surface area contributed by atoms with Crippen molar-refractivity contribution >= 4 is 11.9 Å². The van der Waals surface area contributed by atoms with Crippen molar-refractivity contribution in [2.24, 2.45) is 0 Å². The van der Waals surface area contributed by atoms with E-state index in [1.54, 1.807) is 20.8 Å². The number of carbonyl (C=O) groups excluding carboxylic acids is 2. The van der Waals surface area contributed by atoms with Crippen molar-refractivity contribution in [1.82, 2.24) is 0 Å². The molecule has 0 saturated carbocycles. The minimum absolute atomic E-state index is 0.0827. The fraction of sp³-hybridized carbons (Fsp3) is 0.600. The molecule has 0 aromatic heterocycles. The molecule has 1 aromatic rings. The topological polar surface area (TPSA) is 61.8 Å². The third-order valence-electron chi connectivity index (χ3n) is 2.90. The SMILES string of the molecule is CC.CC.CCOC(=O)C(Cc1ccccc1)(OCC)C(=O)OCC. The van der Waals surface area contributed by atoms with E-state index in [4.69, 9.17) is 14.2 Å². The molecular formula is C20H34O5. The van der Waals surface area contributed by atoms with Crippen molar-refractivity contribution in [3.05, 3.63) is 35.9 Å². The molecular weight excluding hydrogens is 320 g/mol. The summed E-state index contributed by atoms with van der Waals surface area (Å²) in [5, 5.41) is 0. The van der Waals surface area contributed by atoms with Crippen LogP contribution < -0.4 is 0 Å². The Bertz CT molecular complexity index is 438. The van der Waals surface area contributed by atoms with Crippen LogP contribution in [0.4, 0.5) is 0 Å². The van der Waals surface area contributed by atoms with E-state index in [1.165, 1.54) is 0 Å². The van der Waals surface area contributed by atoms with Crippen LogP contribution in [0.5, 0.6) is 0 Å². The lowest BCUT2D eigenvalue weighted by molar-refractivity contribution is -0.190. The Morgan fingerprint density at radius 2 is 1.24 bits per heavy atom. The molecule has 1 aromatic carbocycles. The lowest BCUT2D eigenvalue weighted by Crippen LogP contribution is -2.53. The Hall–Kier alpha value is -1.88. The average molecular weight is 354 g/mol. The maximum Gasteiger partial charge on any atom is 0.350 e. The first kappa shape index (κ1) is 25.4. The van der Waals surface area contributed by atoms with Gasteiger partial charge in [-0.2, -0.15) is 0 Å².